The molecule has 0 unspecified atom stereocenters. The second-order valence-corrected chi connectivity index (χ2v) is 5.64. The van der Waals surface area contributed by atoms with Gasteiger partial charge < -0.3 is 10.6 Å². The largest absolute Gasteiger partial charge is 0.356 e. The van der Waals surface area contributed by atoms with Crippen LogP contribution in [0.5, 0.6) is 0 Å². The SMILES string of the molecule is NCCN1C=CN(S(=O)(=O)c2ccccc2)C1. The van der Waals surface area contributed by atoms with E-state index >= 15 is 0 Å². The number of nitrogens with two attached hydrogens (primary N) is 1. The van der Waals surface area contributed by atoms with E-state index in [-0.39, 0.29) is 0 Å². The van der Waals surface area contributed by atoms with Crippen LogP contribution in [0.4, 0.5) is 0 Å². The topological polar surface area (TPSA) is 66.6 Å². The number of rotatable bonds is 4. The van der Waals surface area contributed by atoms with Gasteiger partial charge in [0.15, 0.2) is 0 Å². The number of sulfonamides is 1. The van der Waals surface area contributed by atoms with Gasteiger partial charge in [0, 0.05) is 25.5 Å². The van der Waals surface area contributed by atoms with Crippen LogP contribution in [0.3, 0.4) is 0 Å². The molecule has 17 heavy (non-hydrogen) atoms. The molecular weight excluding hydrogens is 238 g/mol. The predicted octanol–water partition coefficient (Wildman–Crippen LogP) is 0.380. The highest BCUT2D eigenvalue weighted by Gasteiger charge is 2.25. The summed E-state index contributed by atoms with van der Waals surface area (Å²) in [6.45, 7) is 1.48. The smallest absolute Gasteiger partial charge is 0.265 e. The lowest BCUT2D eigenvalue weighted by atomic mass is 10.4. The lowest BCUT2D eigenvalue weighted by Crippen LogP contribution is -2.32. The molecule has 1 aliphatic rings. The van der Waals surface area contributed by atoms with E-state index in [1.54, 1.807) is 42.7 Å². The van der Waals surface area contributed by atoms with Crippen LogP contribution in [-0.2, 0) is 10.0 Å². The van der Waals surface area contributed by atoms with E-state index in [0.717, 1.165) is 0 Å². The molecule has 6 heteroatoms. The minimum absolute atomic E-state index is 0.305. The fourth-order valence-corrected chi connectivity index (χ4v) is 2.92. The average Bonchev–Trinajstić information content (AvgIpc) is 2.80. The molecule has 0 radical (unpaired) electrons. The van der Waals surface area contributed by atoms with Crippen molar-refractivity contribution in [1.29, 1.82) is 0 Å². The zero-order valence-corrected chi connectivity index (χ0v) is 10.2. The molecule has 0 fully saturated rings. The molecule has 1 aromatic rings. The van der Waals surface area contributed by atoms with Crippen molar-refractivity contribution in [1.82, 2.24) is 9.21 Å². The molecule has 0 spiro atoms. The Bertz CT molecular complexity index is 499. The maximum atomic E-state index is 12.2. The molecule has 2 rings (SSSR count). The first-order valence-electron chi connectivity index (χ1n) is 5.34. The molecule has 0 aliphatic carbocycles. The minimum Gasteiger partial charge on any atom is -0.356 e. The summed E-state index contributed by atoms with van der Waals surface area (Å²) >= 11 is 0. The van der Waals surface area contributed by atoms with E-state index in [1.165, 1.54) is 4.31 Å². The van der Waals surface area contributed by atoms with Crippen molar-refractivity contribution >= 4 is 10.0 Å². The highest BCUT2D eigenvalue weighted by atomic mass is 32.2. The molecule has 1 aliphatic heterocycles. The Morgan fingerprint density at radius 2 is 1.88 bits per heavy atom. The zero-order chi connectivity index (χ0) is 12.3. The van der Waals surface area contributed by atoms with Gasteiger partial charge in [-0.25, -0.2) is 8.42 Å². The molecule has 2 N–H and O–H groups in total. The fourth-order valence-electron chi connectivity index (χ4n) is 1.64. The van der Waals surface area contributed by atoms with E-state index in [4.69, 9.17) is 5.73 Å². The third-order valence-corrected chi connectivity index (χ3v) is 4.25. The molecule has 0 bridgehead atoms. The van der Waals surface area contributed by atoms with Crippen molar-refractivity contribution < 1.29 is 8.42 Å². The highest BCUT2D eigenvalue weighted by molar-refractivity contribution is 7.89. The summed E-state index contributed by atoms with van der Waals surface area (Å²) in [5.74, 6) is 0. The Morgan fingerprint density at radius 3 is 2.53 bits per heavy atom. The first-order chi connectivity index (χ1) is 8.14. The normalized spacial score (nSPS) is 15.6. The summed E-state index contributed by atoms with van der Waals surface area (Å²) in [6, 6.07) is 8.40. The van der Waals surface area contributed by atoms with E-state index in [1.807, 2.05) is 4.90 Å². The fraction of sp³-hybridized carbons (Fsp3) is 0.273. The molecule has 0 atom stereocenters. The van der Waals surface area contributed by atoms with Gasteiger partial charge in [0.05, 0.1) is 4.90 Å². The number of hydrogen-bond donors (Lipinski definition) is 1. The summed E-state index contributed by atoms with van der Waals surface area (Å²) in [5.41, 5.74) is 5.43. The monoisotopic (exact) mass is 253 g/mol. The van der Waals surface area contributed by atoms with Crippen LogP contribution in [-0.4, -0.2) is 37.4 Å². The maximum Gasteiger partial charge on any atom is 0.265 e. The van der Waals surface area contributed by atoms with Gasteiger partial charge in [-0.15, -0.1) is 0 Å². The van der Waals surface area contributed by atoms with Gasteiger partial charge in [0.25, 0.3) is 10.0 Å². The van der Waals surface area contributed by atoms with Crippen molar-refractivity contribution in [2.24, 2.45) is 5.73 Å². The number of benzene rings is 1. The average molecular weight is 253 g/mol. The highest BCUT2D eigenvalue weighted by Crippen LogP contribution is 2.19. The van der Waals surface area contributed by atoms with Crippen molar-refractivity contribution in [3.8, 4) is 0 Å². The van der Waals surface area contributed by atoms with Crippen LogP contribution < -0.4 is 5.73 Å². The zero-order valence-electron chi connectivity index (χ0n) is 9.36. The Kier molecular flexibility index (Phi) is 3.35. The van der Waals surface area contributed by atoms with Crippen LogP contribution in [0.25, 0.3) is 0 Å². The first-order valence-corrected chi connectivity index (χ1v) is 6.78. The van der Waals surface area contributed by atoms with Crippen molar-refractivity contribution in [2.75, 3.05) is 19.8 Å². The third-order valence-electron chi connectivity index (χ3n) is 2.53. The van der Waals surface area contributed by atoms with Crippen LogP contribution in [0.15, 0.2) is 47.6 Å². The van der Waals surface area contributed by atoms with Gasteiger partial charge in [-0.3, -0.25) is 4.31 Å². The minimum atomic E-state index is -3.43. The predicted molar refractivity (Wildman–Crippen MR) is 65.2 cm³/mol. The molecule has 1 heterocycles. The Labute approximate surface area is 101 Å². The first kappa shape index (κ1) is 11.9. The Balaban J connectivity index is 2.17. The lowest BCUT2D eigenvalue weighted by Gasteiger charge is -2.20. The standard InChI is InChI=1S/C11H15N3O2S/c12-6-7-13-8-9-14(10-13)17(15,16)11-4-2-1-3-5-11/h1-5,8-9H,6-7,10,12H2. The van der Waals surface area contributed by atoms with Gasteiger partial charge in [0.1, 0.15) is 6.67 Å². The van der Waals surface area contributed by atoms with Gasteiger partial charge in [-0.1, -0.05) is 18.2 Å². The third kappa shape index (κ3) is 2.42. The molecule has 1 aromatic carbocycles. The summed E-state index contributed by atoms with van der Waals surface area (Å²) in [5, 5.41) is 0. The van der Waals surface area contributed by atoms with Crippen molar-refractivity contribution in [3.05, 3.63) is 42.7 Å². The summed E-state index contributed by atoms with van der Waals surface area (Å²) in [4.78, 5) is 2.17. The molecular formula is C11H15N3O2S. The van der Waals surface area contributed by atoms with Crippen molar-refractivity contribution in [3.63, 3.8) is 0 Å². The Hall–Kier alpha value is -1.53. The van der Waals surface area contributed by atoms with Gasteiger partial charge in [-0.05, 0) is 12.1 Å². The molecule has 0 saturated heterocycles. The van der Waals surface area contributed by atoms with Crippen LogP contribution in [0.1, 0.15) is 0 Å². The molecule has 0 saturated carbocycles. The second kappa shape index (κ2) is 4.77. The van der Waals surface area contributed by atoms with Crippen molar-refractivity contribution in [2.45, 2.75) is 4.90 Å². The van der Waals surface area contributed by atoms with Gasteiger partial charge in [-0.2, -0.15) is 0 Å². The van der Waals surface area contributed by atoms with E-state index in [0.29, 0.717) is 24.7 Å². The quantitative estimate of drug-likeness (QED) is 0.842. The molecule has 5 nitrogen and oxygen atoms in total. The van der Waals surface area contributed by atoms with Gasteiger partial charge in [0.2, 0.25) is 0 Å². The van der Waals surface area contributed by atoms with E-state index < -0.39 is 10.0 Å². The Morgan fingerprint density at radius 1 is 1.18 bits per heavy atom. The summed E-state index contributed by atoms with van der Waals surface area (Å²) < 4.78 is 25.7. The van der Waals surface area contributed by atoms with Crippen LogP contribution >= 0.6 is 0 Å². The van der Waals surface area contributed by atoms with E-state index in [9.17, 15) is 8.42 Å². The number of hydrogen-bond acceptors (Lipinski definition) is 4. The molecule has 0 aromatic heterocycles. The number of nitrogens with zero attached hydrogens (tertiary/aromatic N) is 2. The van der Waals surface area contributed by atoms with Crippen LogP contribution in [0.2, 0.25) is 0 Å². The van der Waals surface area contributed by atoms with Gasteiger partial charge >= 0.3 is 0 Å². The van der Waals surface area contributed by atoms with Crippen LogP contribution in [0, 0.1) is 0 Å². The molecule has 0 amide bonds. The molecule has 92 valence electrons. The lowest BCUT2D eigenvalue weighted by molar-refractivity contribution is 0.340. The second-order valence-electron chi connectivity index (χ2n) is 3.75. The summed E-state index contributed by atoms with van der Waals surface area (Å²) in [7, 11) is -3.43. The maximum absolute atomic E-state index is 12.2. The van der Waals surface area contributed by atoms with E-state index in [2.05, 4.69) is 0 Å². The summed E-state index contributed by atoms with van der Waals surface area (Å²) in [6.07, 6.45) is 3.31.